The van der Waals surface area contributed by atoms with Crippen LogP contribution in [0.25, 0.3) is 21.3 Å². The Labute approximate surface area is 156 Å². The van der Waals surface area contributed by atoms with E-state index in [0.717, 1.165) is 33.4 Å². The Morgan fingerprint density at radius 3 is 3.00 bits per heavy atom. The summed E-state index contributed by atoms with van der Waals surface area (Å²) in [4.78, 5) is 23.7. The van der Waals surface area contributed by atoms with Gasteiger partial charge < -0.3 is 14.2 Å². The van der Waals surface area contributed by atoms with Crippen molar-refractivity contribution in [3.63, 3.8) is 0 Å². The van der Waals surface area contributed by atoms with Gasteiger partial charge in [0.1, 0.15) is 10.8 Å². The van der Waals surface area contributed by atoms with Crippen LogP contribution in [-0.2, 0) is 4.79 Å². The van der Waals surface area contributed by atoms with Crippen molar-refractivity contribution in [3.8, 4) is 27.0 Å². The molecule has 7 heteroatoms. The Bertz CT molecular complexity index is 933. The van der Waals surface area contributed by atoms with Crippen LogP contribution in [0.5, 0.6) is 5.75 Å². The number of carbonyl (C=O) groups excluding carboxylic acids is 1. The van der Waals surface area contributed by atoms with Crippen LogP contribution < -0.4 is 4.74 Å². The lowest BCUT2D eigenvalue weighted by atomic mass is 10.1. The molecule has 1 aromatic carbocycles. The van der Waals surface area contributed by atoms with Crippen LogP contribution in [0.4, 0.5) is 0 Å². The summed E-state index contributed by atoms with van der Waals surface area (Å²) >= 11 is 1.61. The van der Waals surface area contributed by atoms with Gasteiger partial charge in [-0.25, -0.2) is 9.97 Å². The van der Waals surface area contributed by atoms with Gasteiger partial charge in [-0.15, -0.1) is 11.3 Å². The summed E-state index contributed by atoms with van der Waals surface area (Å²) in [5, 5.41) is 0.935. The van der Waals surface area contributed by atoms with Crippen molar-refractivity contribution in [1.82, 2.24) is 19.4 Å². The first-order chi connectivity index (χ1) is 12.7. The Hall–Kier alpha value is -2.67. The molecule has 0 spiro atoms. The third-order valence-corrected chi connectivity index (χ3v) is 5.75. The van der Waals surface area contributed by atoms with E-state index in [0.29, 0.717) is 13.0 Å². The number of carbonyl (C=O) groups is 1. The molecule has 0 radical (unpaired) electrons. The number of likely N-dealkylation sites (tertiary alicyclic amines) is 1. The van der Waals surface area contributed by atoms with Gasteiger partial charge in [0, 0.05) is 44.2 Å². The number of likely N-dealkylation sites (N-methyl/N-ethyl adjacent to an activating group) is 1. The van der Waals surface area contributed by atoms with Crippen molar-refractivity contribution in [2.24, 2.45) is 0 Å². The van der Waals surface area contributed by atoms with Crippen molar-refractivity contribution < 1.29 is 9.53 Å². The van der Waals surface area contributed by atoms with Crippen LogP contribution in [0.3, 0.4) is 0 Å². The Morgan fingerprint density at radius 1 is 1.31 bits per heavy atom. The molecule has 0 saturated carbocycles. The number of piperidine rings is 1. The second-order valence-electron chi connectivity index (χ2n) is 6.39. The number of nitrogens with zero attached hydrogens (tertiary/aromatic N) is 4. The molecule has 0 N–H and O–H groups in total. The zero-order valence-electron chi connectivity index (χ0n) is 14.8. The Balaban J connectivity index is 1.63. The summed E-state index contributed by atoms with van der Waals surface area (Å²) in [6, 6.07) is 8.14. The monoisotopic (exact) mass is 368 g/mol. The van der Waals surface area contributed by atoms with Gasteiger partial charge >= 0.3 is 0 Å². The van der Waals surface area contributed by atoms with E-state index in [1.54, 1.807) is 23.3 Å². The molecule has 0 aliphatic carbocycles. The minimum absolute atomic E-state index is 0.209. The molecule has 1 aliphatic heterocycles. The third kappa shape index (κ3) is 3.10. The molecule has 26 heavy (non-hydrogen) atoms. The van der Waals surface area contributed by atoms with Gasteiger partial charge in [-0.2, -0.15) is 0 Å². The maximum absolute atomic E-state index is 11.8. The molecule has 4 rings (SSSR count). The van der Waals surface area contributed by atoms with E-state index in [1.165, 1.54) is 0 Å². The van der Waals surface area contributed by atoms with Crippen molar-refractivity contribution >= 4 is 17.2 Å². The molecule has 2 aromatic heterocycles. The predicted molar refractivity (Wildman–Crippen MR) is 101 cm³/mol. The molecule has 1 aliphatic rings. The molecule has 3 aromatic rings. The smallest absolute Gasteiger partial charge is 0.222 e. The summed E-state index contributed by atoms with van der Waals surface area (Å²) in [6.07, 6.45) is 7.10. The number of hydrogen-bond acceptors (Lipinski definition) is 5. The van der Waals surface area contributed by atoms with E-state index < -0.39 is 0 Å². The molecule has 1 saturated heterocycles. The van der Waals surface area contributed by atoms with E-state index in [9.17, 15) is 4.79 Å². The van der Waals surface area contributed by atoms with E-state index in [4.69, 9.17) is 4.74 Å². The number of rotatable bonds is 4. The SMILES string of the molecule is COc1cccc(-c2ncc(-c3nccn3C3CCC(=O)N(C)C3)s2)c1. The lowest BCUT2D eigenvalue weighted by Crippen LogP contribution is -2.37. The van der Waals surface area contributed by atoms with Crippen molar-refractivity contribution in [1.29, 1.82) is 0 Å². The normalized spacial score (nSPS) is 17.5. The number of thiazole rings is 1. The Kier molecular flexibility index (Phi) is 4.46. The van der Waals surface area contributed by atoms with Gasteiger partial charge in [-0.05, 0) is 18.6 Å². The van der Waals surface area contributed by atoms with E-state index >= 15 is 0 Å². The number of methoxy groups -OCH3 is 1. The number of aromatic nitrogens is 3. The molecular formula is C19H20N4O2S. The molecule has 1 fully saturated rings. The lowest BCUT2D eigenvalue weighted by molar-refractivity contribution is -0.132. The molecule has 6 nitrogen and oxygen atoms in total. The van der Waals surface area contributed by atoms with Gasteiger partial charge in [0.2, 0.25) is 5.91 Å². The van der Waals surface area contributed by atoms with Gasteiger partial charge in [0.25, 0.3) is 0 Å². The van der Waals surface area contributed by atoms with Gasteiger partial charge in [-0.3, -0.25) is 4.79 Å². The zero-order valence-corrected chi connectivity index (χ0v) is 15.6. The first kappa shape index (κ1) is 16.8. The molecule has 134 valence electrons. The molecule has 0 bridgehead atoms. The van der Waals surface area contributed by atoms with Crippen molar-refractivity contribution in [2.75, 3.05) is 20.7 Å². The fourth-order valence-corrected chi connectivity index (χ4v) is 4.20. The number of amides is 1. The average molecular weight is 368 g/mol. The summed E-state index contributed by atoms with van der Waals surface area (Å²) in [7, 11) is 3.52. The highest BCUT2D eigenvalue weighted by Crippen LogP contribution is 2.34. The van der Waals surface area contributed by atoms with Gasteiger partial charge in [-0.1, -0.05) is 12.1 Å². The maximum Gasteiger partial charge on any atom is 0.222 e. The van der Waals surface area contributed by atoms with Crippen LogP contribution in [0.15, 0.2) is 42.9 Å². The molecule has 1 unspecified atom stereocenters. The number of imidazole rings is 1. The molecule has 3 heterocycles. The van der Waals surface area contributed by atoms with Crippen molar-refractivity contribution in [3.05, 3.63) is 42.9 Å². The summed E-state index contributed by atoms with van der Waals surface area (Å²) in [6.45, 7) is 0.712. The first-order valence-electron chi connectivity index (χ1n) is 8.53. The summed E-state index contributed by atoms with van der Waals surface area (Å²) < 4.78 is 7.47. The second-order valence-corrected chi connectivity index (χ2v) is 7.42. The average Bonchev–Trinajstić information content (AvgIpc) is 3.33. The minimum atomic E-state index is 0.209. The highest BCUT2D eigenvalue weighted by molar-refractivity contribution is 7.18. The van der Waals surface area contributed by atoms with Crippen molar-refractivity contribution in [2.45, 2.75) is 18.9 Å². The molecule has 1 amide bonds. The van der Waals surface area contributed by atoms with Gasteiger partial charge in [0.15, 0.2) is 5.82 Å². The quantitative estimate of drug-likeness (QED) is 0.707. The van der Waals surface area contributed by atoms with E-state index in [2.05, 4.69) is 14.5 Å². The lowest BCUT2D eigenvalue weighted by Gasteiger charge is -2.31. The summed E-state index contributed by atoms with van der Waals surface area (Å²) in [5.41, 5.74) is 1.03. The molecular weight excluding hydrogens is 348 g/mol. The number of ether oxygens (including phenoxy) is 1. The maximum atomic E-state index is 11.8. The predicted octanol–water partition coefficient (Wildman–Crippen LogP) is 3.48. The second kappa shape index (κ2) is 6.92. The standard InChI is InChI=1S/C19H20N4O2S/c1-22-12-14(6-7-17(22)24)23-9-8-20-18(23)16-11-21-19(26-16)13-4-3-5-15(10-13)25-2/h3-5,8-11,14H,6-7,12H2,1-2H3. The fourth-order valence-electron chi connectivity index (χ4n) is 3.28. The highest BCUT2D eigenvalue weighted by Gasteiger charge is 2.26. The van der Waals surface area contributed by atoms with E-state index in [-0.39, 0.29) is 11.9 Å². The third-order valence-electron chi connectivity index (χ3n) is 4.71. The first-order valence-corrected chi connectivity index (χ1v) is 9.35. The number of benzene rings is 1. The Morgan fingerprint density at radius 2 is 2.19 bits per heavy atom. The van der Waals surface area contributed by atoms with Crippen LogP contribution in [0.1, 0.15) is 18.9 Å². The topological polar surface area (TPSA) is 60.3 Å². The minimum Gasteiger partial charge on any atom is -0.497 e. The highest BCUT2D eigenvalue weighted by atomic mass is 32.1. The molecule has 1 atom stereocenters. The van der Waals surface area contributed by atoms with E-state index in [1.807, 2.05) is 49.9 Å². The zero-order chi connectivity index (χ0) is 18.1. The summed E-state index contributed by atoms with van der Waals surface area (Å²) in [5.74, 6) is 1.93. The largest absolute Gasteiger partial charge is 0.497 e. The van der Waals surface area contributed by atoms with Crippen LogP contribution >= 0.6 is 11.3 Å². The fraction of sp³-hybridized carbons (Fsp3) is 0.316. The van der Waals surface area contributed by atoms with Crippen LogP contribution in [0.2, 0.25) is 0 Å². The van der Waals surface area contributed by atoms with Crippen LogP contribution in [0, 0.1) is 0 Å². The van der Waals surface area contributed by atoms with Gasteiger partial charge in [0.05, 0.1) is 18.0 Å². The van der Waals surface area contributed by atoms with Crippen LogP contribution in [-0.4, -0.2) is 46.0 Å². The number of hydrogen-bond donors (Lipinski definition) is 0.